The van der Waals surface area contributed by atoms with Crippen LogP contribution >= 0.6 is 0 Å². The third kappa shape index (κ3) is 3.26. The van der Waals surface area contributed by atoms with Crippen LogP contribution in [-0.2, 0) is 9.53 Å². The Balaban J connectivity index is 3.29. The van der Waals surface area contributed by atoms with Crippen LogP contribution in [0.3, 0.4) is 0 Å². The molecule has 0 aliphatic carbocycles. The molecule has 1 rings (SSSR count). The van der Waals surface area contributed by atoms with E-state index in [9.17, 15) is 23.1 Å². The zero-order valence-corrected chi connectivity index (χ0v) is 9.49. The topological polar surface area (TPSA) is 46.5 Å². The largest absolute Gasteiger partial charge is 0.506 e. The van der Waals surface area contributed by atoms with Gasteiger partial charge in [-0.05, 0) is 6.92 Å². The van der Waals surface area contributed by atoms with Crippen LogP contribution in [0.5, 0.6) is 0 Å². The maximum Gasteiger partial charge on any atom is 0.427 e. The number of aliphatic hydroxyl groups excluding tert-OH is 1. The molecule has 0 aromatic heterocycles. The molecule has 98 valence electrons. The van der Waals surface area contributed by atoms with Gasteiger partial charge in [0.25, 0.3) is 0 Å². The van der Waals surface area contributed by atoms with Gasteiger partial charge in [0.15, 0.2) is 5.57 Å². The number of rotatable bonds is 3. The molecule has 0 aliphatic heterocycles. The fourth-order valence-corrected chi connectivity index (χ4v) is 1.29. The number of hydrogen-bond acceptors (Lipinski definition) is 3. The van der Waals surface area contributed by atoms with Crippen LogP contribution in [0.25, 0.3) is 5.76 Å². The smallest absolute Gasteiger partial charge is 0.427 e. The van der Waals surface area contributed by atoms with Gasteiger partial charge in [-0.2, -0.15) is 13.2 Å². The van der Waals surface area contributed by atoms with Crippen LogP contribution in [-0.4, -0.2) is 23.9 Å². The highest BCUT2D eigenvalue weighted by molar-refractivity contribution is 5.97. The molecule has 0 saturated carbocycles. The van der Waals surface area contributed by atoms with E-state index in [0.29, 0.717) is 0 Å². The van der Waals surface area contributed by atoms with Crippen LogP contribution in [0.2, 0.25) is 0 Å². The van der Waals surface area contributed by atoms with E-state index in [1.807, 2.05) is 0 Å². The summed E-state index contributed by atoms with van der Waals surface area (Å²) < 4.78 is 42.4. The van der Waals surface area contributed by atoms with E-state index in [1.54, 1.807) is 6.07 Å². The molecule has 0 radical (unpaired) electrons. The first-order chi connectivity index (χ1) is 8.38. The predicted molar refractivity (Wildman–Crippen MR) is 58.7 cm³/mol. The van der Waals surface area contributed by atoms with Crippen molar-refractivity contribution < 1.29 is 27.8 Å². The maximum absolute atomic E-state index is 12.7. The van der Waals surface area contributed by atoms with E-state index in [-0.39, 0.29) is 12.2 Å². The van der Waals surface area contributed by atoms with E-state index in [2.05, 4.69) is 4.74 Å². The van der Waals surface area contributed by atoms with Crippen LogP contribution < -0.4 is 0 Å². The summed E-state index contributed by atoms with van der Waals surface area (Å²) in [5.41, 5.74) is -1.80. The molecule has 1 aromatic carbocycles. The van der Waals surface area contributed by atoms with Crippen molar-refractivity contribution in [2.45, 2.75) is 13.1 Å². The van der Waals surface area contributed by atoms with Crippen molar-refractivity contribution in [3.63, 3.8) is 0 Å². The van der Waals surface area contributed by atoms with Gasteiger partial charge in [0.05, 0.1) is 6.61 Å². The van der Waals surface area contributed by atoms with Crippen LogP contribution in [0.4, 0.5) is 13.2 Å². The average molecular weight is 260 g/mol. The van der Waals surface area contributed by atoms with Crippen LogP contribution in [0, 0.1) is 0 Å². The Bertz CT molecular complexity index is 449. The molecule has 0 amide bonds. The Hall–Kier alpha value is -1.98. The van der Waals surface area contributed by atoms with Crippen molar-refractivity contribution >= 4 is 11.7 Å². The highest BCUT2D eigenvalue weighted by Gasteiger charge is 2.43. The zero-order valence-electron chi connectivity index (χ0n) is 9.49. The lowest BCUT2D eigenvalue weighted by molar-refractivity contribution is -0.150. The monoisotopic (exact) mass is 260 g/mol. The summed E-state index contributed by atoms with van der Waals surface area (Å²) in [6.07, 6.45) is -4.98. The summed E-state index contributed by atoms with van der Waals surface area (Å²) in [4.78, 5) is 11.2. The van der Waals surface area contributed by atoms with Crippen molar-refractivity contribution in [3.05, 3.63) is 41.5 Å². The summed E-state index contributed by atoms with van der Waals surface area (Å²) in [5, 5.41) is 9.57. The molecule has 1 N–H and O–H groups in total. The molecule has 0 atom stereocenters. The minimum absolute atomic E-state index is 0.0992. The highest BCUT2D eigenvalue weighted by Crippen LogP contribution is 2.32. The van der Waals surface area contributed by atoms with Crippen molar-refractivity contribution in [1.82, 2.24) is 0 Å². The molecule has 0 bridgehead atoms. The minimum Gasteiger partial charge on any atom is -0.506 e. The van der Waals surface area contributed by atoms with Gasteiger partial charge in [-0.3, -0.25) is 0 Å². The summed E-state index contributed by atoms with van der Waals surface area (Å²) in [5.74, 6) is -2.73. The number of ether oxygens (including phenoxy) is 1. The van der Waals surface area contributed by atoms with Gasteiger partial charge in [0, 0.05) is 5.56 Å². The summed E-state index contributed by atoms with van der Waals surface area (Å²) >= 11 is 0. The second kappa shape index (κ2) is 5.57. The molecular weight excluding hydrogens is 249 g/mol. The van der Waals surface area contributed by atoms with Crippen LogP contribution in [0.15, 0.2) is 35.9 Å². The predicted octanol–water partition coefficient (Wildman–Crippen LogP) is 3.08. The summed E-state index contributed by atoms with van der Waals surface area (Å²) in [6, 6.07) is 7.00. The lowest BCUT2D eigenvalue weighted by Crippen LogP contribution is -2.24. The normalized spacial score (nSPS) is 12.9. The second-order valence-corrected chi connectivity index (χ2v) is 3.31. The Morgan fingerprint density at radius 1 is 1.28 bits per heavy atom. The van der Waals surface area contributed by atoms with Crippen molar-refractivity contribution in [2.75, 3.05) is 6.61 Å². The summed E-state index contributed by atoms with van der Waals surface area (Å²) in [6.45, 7) is 1.17. The Labute approximate surface area is 101 Å². The number of hydrogen-bond donors (Lipinski definition) is 1. The number of halogens is 3. The van der Waals surface area contributed by atoms with Gasteiger partial charge >= 0.3 is 12.1 Å². The Kier molecular flexibility index (Phi) is 4.36. The Morgan fingerprint density at radius 2 is 1.83 bits per heavy atom. The molecule has 18 heavy (non-hydrogen) atoms. The molecule has 0 aliphatic rings. The van der Waals surface area contributed by atoms with Crippen molar-refractivity contribution in [2.24, 2.45) is 0 Å². The average Bonchev–Trinajstić information content (AvgIpc) is 2.28. The van der Waals surface area contributed by atoms with Crippen molar-refractivity contribution in [3.8, 4) is 0 Å². The van der Waals surface area contributed by atoms with E-state index < -0.39 is 23.5 Å². The first kappa shape index (κ1) is 14.1. The van der Waals surface area contributed by atoms with Gasteiger partial charge in [-0.25, -0.2) is 4.79 Å². The Morgan fingerprint density at radius 3 is 2.28 bits per heavy atom. The molecular formula is C12H11F3O3. The number of benzene rings is 1. The lowest BCUT2D eigenvalue weighted by atomic mass is 10.1. The summed E-state index contributed by atoms with van der Waals surface area (Å²) in [7, 11) is 0. The molecule has 0 heterocycles. The standard InChI is InChI=1S/C12H11F3O3/c1-2-18-11(17)9(12(13,14)15)10(16)8-6-4-3-5-7-8/h3-7,16H,2H2,1H3. The quantitative estimate of drug-likeness (QED) is 0.516. The van der Waals surface area contributed by atoms with E-state index in [0.717, 1.165) is 0 Å². The molecule has 6 heteroatoms. The van der Waals surface area contributed by atoms with E-state index in [4.69, 9.17) is 0 Å². The highest BCUT2D eigenvalue weighted by atomic mass is 19.4. The first-order valence-corrected chi connectivity index (χ1v) is 5.11. The fraction of sp³-hybridized carbons (Fsp3) is 0.250. The molecule has 3 nitrogen and oxygen atoms in total. The minimum atomic E-state index is -4.98. The first-order valence-electron chi connectivity index (χ1n) is 5.11. The number of esters is 1. The number of carbonyl (C=O) groups excluding carboxylic acids is 1. The molecule has 0 spiro atoms. The third-order valence-electron chi connectivity index (χ3n) is 2.05. The van der Waals surface area contributed by atoms with Crippen LogP contribution in [0.1, 0.15) is 12.5 Å². The second-order valence-electron chi connectivity index (χ2n) is 3.31. The number of carbonyl (C=O) groups is 1. The number of alkyl halides is 3. The van der Waals surface area contributed by atoms with Gasteiger partial charge in [-0.1, -0.05) is 30.3 Å². The third-order valence-corrected chi connectivity index (χ3v) is 2.05. The molecule has 0 unspecified atom stereocenters. The molecule has 0 fully saturated rings. The van der Waals surface area contributed by atoms with Gasteiger partial charge in [0.2, 0.25) is 0 Å². The molecule has 0 saturated heterocycles. The molecule has 1 aromatic rings. The lowest BCUT2D eigenvalue weighted by Gasteiger charge is -2.13. The van der Waals surface area contributed by atoms with E-state index in [1.165, 1.54) is 31.2 Å². The number of aliphatic hydroxyl groups is 1. The van der Waals surface area contributed by atoms with Gasteiger partial charge < -0.3 is 9.84 Å². The van der Waals surface area contributed by atoms with E-state index >= 15 is 0 Å². The van der Waals surface area contributed by atoms with Crippen molar-refractivity contribution in [1.29, 1.82) is 0 Å². The van der Waals surface area contributed by atoms with Gasteiger partial charge in [-0.15, -0.1) is 0 Å². The maximum atomic E-state index is 12.7. The van der Waals surface area contributed by atoms with Gasteiger partial charge in [0.1, 0.15) is 5.76 Å². The zero-order chi connectivity index (χ0) is 13.8. The fourth-order valence-electron chi connectivity index (χ4n) is 1.29. The SMILES string of the molecule is CCOC(=O)C(=C(O)c1ccccc1)C(F)(F)F.